The zero-order valence-corrected chi connectivity index (χ0v) is 12.3. The van der Waals surface area contributed by atoms with E-state index in [9.17, 15) is 0 Å². The Hall–Kier alpha value is -1.39. The van der Waals surface area contributed by atoms with Gasteiger partial charge in [-0.25, -0.2) is 4.98 Å². The van der Waals surface area contributed by atoms with E-state index in [-0.39, 0.29) is 0 Å². The lowest BCUT2D eigenvalue weighted by atomic mass is 10.1. The third kappa shape index (κ3) is 3.78. The molecule has 1 aromatic heterocycles. The predicted molar refractivity (Wildman–Crippen MR) is 78.0 cm³/mol. The molecular weight excluding hydrogens is 283 g/mol. The van der Waals surface area contributed by atoms with Gasteiger partial charge in [0, 0.05) is 16.6 Å². The fourth-order valence-corrected chi connectivity index (χ4v) is 2.07. The Morgan fingerprint density at radius 1 is 1.11 bits per heavy atom. The van der Waals surface area contributed by atoms with Gasteiger partial charge in [0.25, 0.3) is 0 Å². The number of rotatable bonds is 4. The van der Waals surface area contributed by atoms with Gasteiger partial charge in [0.05, 0.1) is 11.4 Å². The molecule has 6 heteroatoms. The molecule has 0 aliphatic rings. The van der Waals surface area contributed by atoms with E-state index in [1.54, 1.807) is 6.07 Å². The average molecular weight is 297 g/mol. The molecule has 1 heterocycles. The number of halogens is 2. The Kier molecular flexibility index (Phi) is 4.56. The van der Waals surface area contributed by atoms with Gasteiger partial charge in [-0.15, -0.1) is 5.10 Å². The average Bonchev–Trinajstić information content (AvgIpc) is 2.36. The number of aryl methyl sites for hydroxylation is 2. The summed E-state index contributed by atoms with van der Waals surface area (Å²) in [5.41, 5.74) is 2.75. The van der Waals surface area contributed by atoms with Crippen molar-refractivity contribution in [2.45, 2.75) is 20.3 Å². The van der Waals surface area contributed by atoms with Gasteiger partial charge < -0.3 is 5.32 Å². The molecule has 0 aliphatic heterocycles. The van der Waals surface area contributed by atoms with Crippen molar-refractivity contribution in [1.82, 2.24) is 15.2 Å². The molecule has 0 amide bonds. The number of nitrogens with zero attached hydrogens (tertiary/aromatic N) is 3. The summed E-state index contributed by atoms with van der Waals surface area (Å²) in [7, 11) is 0. The Morgan fingerprint density at radius 2 is 1.89 bits per heavy atom. The van der Waals surface area contributed by atoms with E-state index in [2.05, 4.69) is 20.5 Å². The minimum atomic E-state index is 0.535. The SMILES string of the molecule is Cc1nnc(NCCc2ccc(Cl)cc2Cl)nc1C. The van der Waals surface area contributed by atoms with E-state index < -0.39 is 0 Å². The fourth-order valence-electron chi connectivity index (χ4n) is 1.57. The zero-order valence-electron chi connectivity index (χ0n) is 10.7. The van der Waals surface area contributed by atoms with E-state index in [1.165, 1.54) is 0 Å². The Bertz CT molecular complexity index is 587. The predicted octanol–water partition coefficient (Wildman–Crippen LogP) is 3.45. The van der Waals surface area contributed by atoms with Crippen LogP contribution in [0.3, 0.4) is 0 Å². The molecule has 4 nitrogen and oxygen atoms in total. The maximum Gasteiger partial charge on any atom is 0.242 e. The van der Waals surface area contributed by atoms with Gasteiger partial charge in [-0.1, -0.05) is 29.3 Å². The van der Waals surface area contributed by atoms with Gasteiger partial charge in [-0.2, -0.15) is 5.10 Å². The van der Waals surface area contributed by atoms with Crippen LogP contribution in [0.25, 0.3) is 0 Å². The van der Waals surface area contributed by atoms with Gasteiger partial charge in [-0.05, 0) is 38.0 Å². The second-order valence-electron chi connectivity index (χ2n) is 4.22. The first-order chi connectivity index (χ1) is 9.06. The van der Waals surface area contributed by atoms with Crippen LogP contribution in [0, 0.1) is 13.8 Å². The molecule has 2 aromatic rings. The number of hydrogen-bond donors (Lipinski definition) is 1. The minimum absolute atomic E-state index is 0.535. The molecule has 2 rings (SSSR count). The van der Waals surface area contributed by atoms with Crippen LogP contribution in [0.5, 0.6) is 0 Å². The Labute approximate surface area is 122 Å². The maximum absolute atomic E-state index is 6.10. The third-order valence-corrected chi connectivity index (χ3v) is 3.37. The topological polar surface area (TPSA) is 50.7 Å². The molecule has 0 bridgehead atoms. The molecule has 100 valence electrons. The van der Waals surface area contributed by atoms with Crippen LogP contribution < -0.4 is 5.32 Å². The van der Waals surface area contributed by atoms with Crippen molar-refractivity contribution in [2.75, 3.05) is 11.9 Å². The maximum atomic E-state index is 6.10. The van der Waals surface area contributed by atoms with Crippen molar-refractivity contribution in [1.29, 1.82) is 0 Å². The summed E-state index contributed by atoms with van der Waals surface area (Å²) in [6.45, 7) is 4.48. The third-order valence-electron chi connectivity index (χ3n) is 2.78. The van der Waals surface area contributed by atoms with E-state index in [4.69, 9.17) is 23.2 Å². The van der Waals surface area contributed by atoms with Crippen LogP contribution in [0.2, 0.25) is 10.0 Å². The van der Waals surface area contributed by atoms with Crippen LogP contribution in [-0.4, -0.2) is 21.7 Å². The van der Waals surface area contributed by atoms with E-state index in [0.29, 0.717) is 22.5 Å². The van der Waals surface area contributed by atoms with Crippen molar-refractivity contribution < 1.29 is 0 Å². The summed E-state index contributed by atoms with van der Waals surface area (Å²) in [5.74, 6) is 0.535. The lowest BCUT2D eigenvalue weighted by Gasteiger charge is -2.07. The Balaban J connectivity index is 1.94. The highest BCUT2D eigenvalue weighted by molar-refractivity contribution is 6.35. The van der Waals surface area contributed by atoms with Crippen LogP contribution in [0.1, 0.15) is 17.0 Å². The van der Waals surface area contributed by atoms with Gasteiger partial charge >= 0.3 is 0 Å². The smallest absolute Gasteiger partial charge is 0.242 e. The van der Waals surface area contributed by atoms with E-state index in [0.717, 1.165) is 23.4 Å². The molecule has 0 aliphatic carbocycles. The summed E-state index contributed by atoms with van der Waals surface area (Å²) in [6.07, 6.45) is 0.770. The minimum Gasteiger partial charge on any atom is -0.353 e. The largest absolute Gasteiger partial charge is 0.353 e. The summed E-state index contributed by atoms with van der Waals surface area (Å²) in [6, 6.07) is 5.50. The van der Waals surface area contributed by atoms with Gasteiger partial charge in [0.1, 0.15) is 0 Å². The number of nitrogens with one attached hydrogen (secondary N) is 1. The molecule has 0 radical (unpaired) electrons. The molecule has 0 fully saturated rings. The zero-order chi connectivity index (χ0) is 13.8. The summed E-state index contributed by atoms with van der Waals surface area (Å²) in [4.78, 5) is 4.30. The second-order valence-corrected chi connectivity index (χ2v) is 5.06. The van der Waals surface area contributed by atoms with Crippen molar-refractivity contribution in [3.05, 3.63) is 45.2 Å². The number of aromatic nitrogens is 3. The van der Waals surface area contributed by atoms with Crippen LogP contribution in [0.15, 0.2) is 18.2 Å². The number of anilines is 1. The van der Waals surface area contributed by atoms with Crippen molar-refractivity contribution in [3.63, 3.8) is 0 Å². The number of benzene rings is 1. The summed E-state index contributed by atoms with van der Waals surface area (Å²) in [5, 5.41) is 12.4. The van der Waals surface area contributed by atoms with Gasteiger partial charge in [0.15, 0.2) is 0 Å². The van der Waals surface area contributed by atoms with Crippen LogP contribution in [-0.2, 0) is 6.42 Å². The molecule has 0 unspecified atom stereocenters. The highest BCUT2D eigenvalue weighted by Crippen LogP contribution is 2.21. The summed E-state index contributed by atoms with van der Waals surface area (Å²) >= 11 is 12.0. The molecular formula is C13H14Cl2N4. The van der Waals surface area contributed by atoms with Crippen LogP contribution in [0.4, 0.5) is 5.95 Å². The number of hydrogen-bond acceptors (Lipinski definition) is 4. The lowest BCUT2D eigenvalue weighted by molar-refractivity contribution is 0.878. The molecule has 0 spiro atoms. The highest BCUT2D eigenvalue weighted by Gasteiger charge is 2.03. The monoisotopic (exact) mass is 296 g/mol. The van der Waals surface area contributed by atoms with Crippen molar-refractivity contribution in [2.24, 2.45) is 0 Å². The van der Waals surface area contributed by atoms with Gasteiger partial charge in [0.2, 0.25) is 5.95 Å². The molecule has 1 aromatic carbocycles. The van der Waals surface area contributed by atoms with E-state index >= 15 is 0 Å². The first-order valence-electron chi connectivity index (χ1n) is 5.92. The quantitative estimate of drug-likeness (QED) is 0.939. The van der Waals surface area contributed by atoms with E-state index in [1.807, 2.05) is 26.0 Å². The lowest BCUT2D eigenvalue weighted by Crippen LogP contribution is -2.10. The normalized spacial score (nSPS) is 10.5. The van der Waals surface area contributed by atoms with Crippen molar-refractivity contribution >= 4 is 29.2 Å². The summed E-state index contributed by atoms with van der Waals surface area (Å²) < 4.78 is 0. The molecule has 19 heavy (non-hydrogen) atoms. The highest BCUT2D eigenvalue weighted by atomic mass is 35.5. The fraction of sp³-hybridized carbons (Fsp3) is 0.308. The van der Waals surface area contributed by atoms with Crippen molar-refractivity contribution in [3.8, 4) is 0 Å². The first-order valence-corrected chi connectivity index (χ1v) is 6.67. The molecule has 1 N–H and O–H groups in total. The Morgan fingerprint density at radius 3 is 2.58 bits per heavy atom. The molecule has 0 atom stereocenters. The standard InChI is InChI=1S/C13H14Cl2N4/c1-8-9(2)18-19-13(17-8)16-6-5-10-3-4-11(14)7-12(10)15/h3-4,7H,5-6H2,1-2H3,(H,16,17,19). The van der Waals surface area contributed by atoms with Gasteiger partial charge in [-0.3, -0.25) is 0 Å². The second kappa shape index (κ2) is 6.17. The van der Waals surface area contributed by atoms with Crippen LogP contribution >= 0.6 is 23.2 Å². The molecule has 0 saturated carbocycles. The first kappa shape index (κ1) is 14.0. The molecule has 0 saturated heterocycles.